The van der Waals surface area contributed by atoms with Crippen molar-refractivity contribution >= 4 is 11.6 Å². The molecule has 1 aliphatic rings. The molecule has 0 spiro atoms. The van der Waals surface area contributed by atoms with Crippen molar-refractivity contribution in [2.75, 3.05) is 19.6 Å². The molecule has 3 aromatic rings. The van der Waals surface area contributed by atoms with Gasteiger partial charge >= 0.3 is 0 Å². The summed E-state index contributed by atoms with van der Waals surface area (Å²) in [6.07, 6.45) is 2.45. The molecule has 1 fully saturated rings. The zero-order chi connectivity index (χ0) is 19.0. The molecule has 2 aromatic heterocycles. The van der Waals surface area contributed by atoms with Crippen molar-refractivity contribution in [1.82, 2.24) is 24.8 Å². The Morgan fingerprint density at radius 3 is 2.81 bits per heavy atom. The number of piperazine rings is 1. The number of fused-ring (bicyclic) bond motifs is 1. The SMILES string of the molecule is CCc1cc(-c2ccc(F)cc2)nn2cc(C(=O)N3CCN[C@@H](C)C3)nc12. The topological polar surface area (TPSA) is 62.5 Å². The van der Waals surface area contributed by atoms with Crippen LogP contribution in [0.4, 0.5) is 4.39 Å². The largest absolute Gasteiger partial charge is 0.334 e. The number of carbonyl (C=O) groups is 1. The van der Waals surface area contributed by atoms with E-state index in [0.717, 1.165) is 29.8 Å². The van der Waals surface area contributed by atoms with Crippen molar-refractivity contribution in [3.63, 3.8) is 0 Å². The van der Waals surface area contributed by atoms with E-state index in [4.69, 9.17) is 0 Å². The maximum atomic E-state index is 13.2. The maximum absolute atomic E-state index is 13.2. The van der Waals surface area contributed by atoms with Crippen LogP contribution < -0.4 is 5.32 Å². The molecule has 3 heterocycles. The number of carbonyl (C=O) groups excluding carboxylic acids is 1. The van der Waals surface area contributed by atoms with E-state index in [-0.39, 0.29) is 17.8 Å². The van der Waals surface area contributed by atoms with Crippen molar-refractivity contribution < 1.29 is 9.18 Å². The van der Waals surface area contributed by atoms with E-state index in [1.54, 1.807) is 22.8 Å². The number of halogens is 1. The van der Waals surface area contributed by atoms with Gasteiger partial charge in [-0.3, -0.25) is 4.79 Å². The van der Waals surface area contributed by atoms with Gasteiger partial charge in [-0.05, 0) is 49.2 Å². The van der Waals surface area contributed by atoms with Crippen LogP contribution in [-0.4, -0.2) is 51.1 Å². The van der Waals surface area contributed by atoms with Crippen LogP contribution in [0.15, 0.2) is 36.5 Å². The smallest absolute Gasteiger partial charge is 0.274 e. The lowest BCUT2D eigenvalue weighted by Crippen LogP contribution is -2.51. The van der Waals surface area contributed by atoms with Gasteiger partial charge in [0.1, 0.15) is 11.5 Å². The minimum Gasteiger partial charge on any atom is -0.334 e. The molecule has 1 aromatic carbocycles. The minimum atomic E-state index is -0.281. The van der Waals surface area contributed by atoms with Gasteiger partial charge in [-0.1, -0.05) is 6.92 Å². The highest BCUT2D eigenvalue weighted by Gasteiger charge is 2.24. The first-order valence-electron chi connectivity index (χ1n) is 9.23. The first kappa shape index (κ1) is 17.6. The van der Waals surface area contributed by atoms with Crippen molar-refractivity contribution in [2.45, 2.75) is 26.3 Å². The molecule has 7 heteroatoms. The Hall–Kier alpha value is -2.80. The molecule has 0 aliphatic carbocycles. The average molecular weight is 367 g/mol. The van der Waals surface area contributed by atoms with E-state index in [1.807, 2.05) is 17.9 Å². The molecule has 1 aliphatic heterocycles. The highest BCUT2D eigenvalue weighted by Crippen LogP contribution is 2.22. The van der Waals surface area contributed by atoms with Crippen LogP contribution in [0.2, 0.25) is 0 Å². The Bertz CT molecular complexity index is 982. The Morgan fingerprint density at radius 1 is 1.33 bits per heavy atom. The molecule has 0 saturated carbocycles. The Morgan fingerprint density at radius 2 is 2.11 bits per heavy atom. The van der Waals surface area contributed by atoms with E-state index in [0.29, 0.717) is 24.4 Å². The van der Waals surface area contributed by atoms with Crippen molar-refractivity contribution in [2.24, 2.45) is 0 Å². The lowest BCUT2D eigenvalue weighted by atomic mass is 10.1. The second kappa shape index (κ2) is 7.08. The molecule has 1 atom stereocenters. The fourth-order valence-electron chi connectivity index (χ4n) is 3.44. The lowest BCUT2D eigenvalue weighted by Gasteiger charge is -2.31. The summed E-state index contributed by atoms with van der Waals surface area (Å²) in [6, 6.07) is 8.47. The van der Waals surface area contributed by atoms with Crippen LogP contribution in [0.1, 0.15) is 29.9 Å². The molecule has 1 N–H and O–H groups in total. The number of nitrogens with one attached hydrogen (secondary N) is 1. The Labute approximate surface area is 157 Å². The molecule has 0 bridgehead atoms. The van der Waals surface area contributed by atoms with E-state index < -0.39 is 0 Å². The second-order valence-electron chi connectivity index (χ2n) is 6.92. The van der Waals surface area contributed by atoms with Crippen LogP contribution in [0, 0.1) is 5.82 Å². The van der Waals surface area contributed by atoms with Crippen LogP contribution in [-0.2, 0) is 6.42 Å². The van der Waals surface area contributed by atoms with Gasteiger partial charge in [0.05, 0.1) is 11.9 Å². The fourth-order valence-corrected chi connectivity index (χ4v) is 3.44. The first-order valence-corrected chi connectivity index (χ1v) is 9.23. The molecule has 6 nitrogen and oxygen atoms in total. The number of aryl methyl sites for hydroxylation is 1. The van der Waals surface area contributed by atoms with Crippen LogP contribution in [0.3, 0.4) is 0 Å². The predicted octanol–water partition coefficient (Wildman–Crippen LogP) is 2.53. The van der Waals surface area contributed by atoms with Gasteiger partial charge < -0.3 is 10.2 Å². The van der Waals surface area contributed by atoms with Gasteiger partial charge in [0.15, 0.2) is 5.65 Å². The zero-order valence-corrected chi connectivity index (χ0v) is 15.4. The van der Waals surface area contributed by atoms with Gasteiger partial charge in [0.25, 0.3) is 5.91 Å². The van der Waals surface area contributed by atoms with Gasteiger partial charge in [-0.25, -0.2) is 13.9 Å². The molecule has 1 saturated heterocycles. The fraction of sp³-hybridized carbons (Fsp3) is 0.350. The van der Waals surface area contributed by atoms with Crippen LogP contribution >= 0.6 is 0 Å². The third-order valence-electron chi connectivity index (χ3n) is 4.90. The summed E-state index contributed by atoms with van der Waals surface area (Å²) in [5.74, 6) is -0.351. The van der Waals surface area contributed by atoms with Gasteiger partial charge in [0.2, 0.25) is 0 Å². The summed E-state index contributed by atoms with van der Waals surface area (Å²) < 4.78 is 14.9. The third kappa shape index (κ3) is 3.42. The molecule has 0 unspecified atom stereocenters. The summed E-state index contributed by atoms with van der Waals surface area (Å²) in [6.45, 7) is 6.23. The molecular weight excluding hydrogens is 345 g/mol. The Balaban J connectivity index is 1.72. The number of rotatable bonds is 3. The number of nitrogens with zero attached hydrogens (tertiary/aromatic N) is 4. The predicted molar refractivity (Wildman–Crippen MR) is 101 cm³/mol. The van der Waals surface area contributed by atoms with E-state index in [1.165, 1.54) is 12.1 Å². The highest BCUT2D eigenvalue weighted by molar-refractivity contribution is 5.93. The van der Waals surface area contributed by atoms with Gasteiger partial charge in [0, 0.05) is 31.2 Å². The standard InChI is InChI=1S/C20H22FN5O/c1-3-14-10-17(15-4-6-16(21)7-5-15)24-26-12-18(23-19(14)26)20(27)25-9-8-22-13(2)11-25/h4-7,10,12-13,22H,3,8-9,11H2,1-2H3/t13-/m0/s1. The van der Waals surface area contributed by atoms with E-state index >= 15 is 0 Å². The maximum Gasteiger partial charge on any atom is 0.274 e. The second-order valence-corrected chi connectivity index (χ2v) is 6.92. The summed E-state index contributed by atoms with van der Waals surface area (Å²) >= 11 is 0. The molecule has 140 valence electrons. The van der Waals surface area contributed by atoms with Gasteiger partial charge in [-0.15, -0.1) is 0 Å². The van der Waals surface area contributed by atoms with Crippen molar-refractivity contribution in [3.05, 3.63) is 53.6 Å². The number of imidazole rings is 1. The minimum absolute atomic E-state index is 0.0702. The van der Waals surface area contributed by atoms with Crippen molar-refractivity contribution in [1.29, 1.82) is 0 Å². The molecular formula is C20H22FN5O. The number of hydrogen-bond acceptors (Lipinski definition) is 4. The van der Waals surface area contributed by atoms with Crippen molar-refractivity contribution in [3.8, 4) is 11.3 Å². The average Bonchev–Trinajstić information content (AvgIpc) is 3.11. The molecule has 0 radical (unpaired) electrons. The zero-order valence-electron chi connectivity index (χ0n) is 15.4. The number of hydrogen-bond donors (Lipinski definition) is 1. The molecule has 27 heavy (non-hydrogen) atoms. The first-order chi connectivity index (χ1) is 13.0. The molecule has 4 rings (SSSR count). The Kier molecular flexibility index (Phi) is 4.61. The summed E-state index contributed by atoms with van der Waals surface area (Å²) in [5, 5.41) is 7.93. The summed E-state index contributed by atoms with van der Waals surface area (Å²) in [5.41, 5.74) is 3.64. The normalized spacial score (nSPS) is 17.4. The quantitative estimate of drug-likeness (QED) is 0.773. The number of benzene rings is 1. The highest BCUT2D eigenvalue weighted by atomic mass is 19.1. The van der Waals surface area contributed by atoms with Gasteiger partial charge in [-0.2, -0.15) is 5.10 Å². The van der Waals surface area contributed by atoms with Crippen LogP contribution in [0.5, 0.6) is 0 Å². The summed E-state index contributed by atoms with van der Waals surface area (Å²) in [4.78, 5) is 19.3. The van der Waals surface area contributed by atoms with Crippen LogP contribution in [0.25, 0.3) is 16.9 Å². The lowest BCUT2D eigenvalue weighted by molar-refractivity contribution is 0.0704. The monoisotopic (exact) mass is 367 g/mol. The van der Waals surface area contributed by atoms with E-state index in [9.17, 15) is 9.18 Å². The summed E-state index contributed by atoms with van der Waals surface area (Å²) in [7, 11) is 0. The number of aromatic nitrogens is 3. The molecule has 1 amide bonds. The number of amides is 1. The van der Waals surface area contributed by atoms with E-state index in [2.05, 4.69) is 22.3 Å². The third-order valence-corrected chi connectivity index (χ3v) is 4.90.